The average Bonchev–Trinajstić information content (AvgIpc) is 3.26. The lowest BCUT2D eigenvalue weighted by atomic mass is 9.92. The molecule has 6 atom stereocenters. The third-order valence-electron chi connectivity index (χ3n) is 10.4. The Morgan fingerprint density at radius 2 is 1.22 bits per heavy atom. The molecule has 5 aromatic rings. The Balaban J connectivity index is 1.22. The van der Waals surface area contributed by atoms with E-state index in [1.54, 1.807) is 30.3 Å². The largest absolute Gasteiger partial charge is 0.507 e. The lowest BCUT2D eigenvalue weighted by Gasteiger charge is -2.43. The molecule has 63 heavy (non-hydrogen) atoms. The van der Waals surface area contributed by atoms with Crippen LogP contribution in [0.2, 0.25) is 0 Å². The Bertz CT molecular complexity index is 2710. The molecule has 0 radical (unpaired) electrons. The minimum atomic E-state index is -2.25. The highest BCUT2D eigenvalue weighted by Gasteiger charge is 2.52. The van der Waals surface area contributed by atoms with Crippen LogP contribution >= 0.6 is 0 Å². The maximum absolute atomic E-state index is 14.2. The molecule has 0 amide bonds. The van der Waals surface area contributed by atoms with Crippen LogP contribution in [0.3, 0.4) is 0 Å². The smallest absolute Gasteiger partial charge is 0.339 e. The topological polar surface area (TPSA) is 346 Å². The van der Waals surface area contributed by atoms with Crippen LogP contribution in [-0.4, -0.2) is 117 Å². The zero-order valence-electron chi connectivity index (χ0n) is 31.7. The van der Waals surface area contributed by atoms with Crippen molar-refractivity contribution in [3.05, 3.63) is 94.5 Å². The van der Waals surface area contributed by atoms with Gasteiger partial charge in [-0.05, 0) is 29.8 Å². The normalized spacial score (nSPS) is 21.8. The molecular weight excluding hydrogens is 840 g/mol. The first-order valence-electron chi connectivity index (χ1n) is 18.5. The SMILES string of the molecule is O=C(O[C@@H]1[C@@H](O)[C@H](Oc2cc(O)c3c(c2)OC(c2ccccc2)CC3=O)O[C@@H]2COC(=O)c3cc(O)c(O)c(O)c3-c3c(cc(O)c(O)c3O)C(=O)O[C@@H]12)c1cc(O)c(O)c(O)c1. The number of hydrogen-bond donors (Lipinski definition) is 11. The van der Waals surface area contributed by atoms with Gasteiger partial charge in [0.2, 0.25) is 17.8 Å². The molecule has 0 bridgehead atoms. The van der Waals surface area contributed by atoms with Gasteiger partial charge in [0.25, 0.3) is 0 Å². The minimum absolute atomic E-state index is 0.130. The van der Waals surface area contributed by atoms with Gasteiger partial charge in [0.15, 0.2) is 64.3 Å². The summed E-state index contributed by atoms with van der Waals surface area (Å²) in [5, 5.41) is 117. The van der Waals surface area contributed by atoms with Crippen LogP contribution in [0, 0.1) is 0 Å². The number of aromatic hydroxyl groups is 10. The average molecular weight is 873 g/mol. The third kappa shape index (κ3) is 7.25. The van der Waals surface area contributed by atoms with E-state index < -0.39 is 152 Å². The van der Waals surface area contributed by atoms with Crippen molar-refractivity contribution in [1.82, 2.24) is 0 Å². The summed E-state index contributed by atoms with van der Waals surface area (Å²) < 4.78 is 34.6. The summed E-state index contributed by atoms with van der Waals surface area (Å²) in [6.45, 7) is -1.02. The van der Waals surface area contributed by atoms with Crippen molar-refractivity contribution in [2.45, 2.75) is 43.2 Å². The summed E-state index contributed by atoms with van der Waals surface area (Å²) in [6.07, 6.45) is -11.3. The Kier molecular flexibility index (Phi) is 10.3. The van der Waals surface area contributed by atoms with Crippen molar-refractivity contribution in [3.8, 4) is 80.1 Å². The molecule has 21 nitrogen and oxygen atoms in total. The second-order valence-corrected chi connectivity index (χ2v) is 14.3. The first-order chi connectivity index (χ1) is 29.9. The van der Waals surface area contributed by atoms with E-state index >= 15 is 0 Å². The summed E-state index contributed by atoms with van der Waals surface area (Å²) in [6, 6.07) is 13.2. The molecule has 0 saturated carbocycles. The number of phenolic OH excluding ortho intramolecular Hbond substituents is 10. The van der Waals surface area contributed by atoms with Gasteiger partial charge >= 0.3 is 17.9 Å². The molecule has 8 rings (SSSR count). The molecule has 3 aliphatic rings. The van der Waals surface area contributed by atoms with E-state index in [1.165, 1.54) is 6.07 Å². The molecule has 1 saturated heterocycles. The molecule has 3 heterocycles. The van der Waals surface area contributed by atoms with Crippen LogP contribution in [0.4, 0.5) is 0 Å². The number of rotatable bonds is 5. The number of cyclic esters (lactones) is 1. The molecule has 3 aliphatic heterocycles. The molecular formula is C42H32O21. The summed E-state index contributed by atoms with van der Waals surface area (Å²) in [5.74, 6) is -16.5. The fourth-order valence-corrected chi connectivity index (χ4v) is 7.33. The van der Waals surface area contributed by atoms with E-state index in [4.69, 9.17) is 28.4 Å². The summed E-state index contributed by atoms with van der Waals surface area (Å²) in [5.41, 5.74) is -3.87. The number of carbonyl (C=O) groups excluding carboxylic acids is 4. The Morgan fingerprint density at radius 1 is 0.635 bits per heavy atom. The van der Waals surface area contributed by atoms with Crippen LogP contribution < -0.4 is 9.47 Å². The highest BCUT2D eigenvalue weighted by Crippen LogP contribution is 2.53. The number of aliphatic hydroxyl groups is 1. The van der Waals surface area contributed by atoms with E-state index in [-0.39, 0.29) is 23.5 Å². The quantitative estimate of drug-likeness (QED) is 0.0686. The standard InChI is InChI=1S/C42H32O21/c43-19-8-16(9-26-30(19)20(44)12-25(60-26)14-4-2-1-3-5-14)59-42-36(54)38(63-39(55)15-6-21(45)31(49)22(46)7-15)37-27(61-42)13-58-40(56)17-10-23(47)32(50)34(52)28(17)29-18(41(57)62-37)11-24(48)33(51)35(29)53/h1-11,25,27,36-38,42-43,45-54H,12-13H2/t25?,27-,36-,37-,38-,42-/m1/s1. The van der Waals surface area contributed by atoms with Gasteiger partial charge in [0.05, 0.1) is 23.1 Å². The molecule has 0 spiro atoms. The highest BCUT2D eigenvalue weighted by atomic mass is 16.7. The number of carbonyl (C=O) groups is 4. The van der Waals surface area contributed by atoms with Gasteiger partial charge in [0.1, 0.15) is 41.6 Å². The number of hydrogen-bond acceptors (Lipinski definition) is 21. The second-order valence-electron chi connectivity index (χ2n) is 14.3. The van der Waals surface area contributed by atoms with E-state index in [2.05, 4.69) is 0 Å². The number of ether oxygens (including phenoxy) is 6. The third-order valence-corrected chi connectivity index (χ3v) is 10.4. The molecule has 1 fully saturated rings. The van der Waals surface area contributed by atoms with Crippen molar-refractivity contribution in [1.29, 1.82) is 0 Å². The van der Waals surface area contributed by atoms with Gasteiger partial charge < -0.3 is 84.6 Å². The van der Waals surface area contributed by atoms with E-state index in [9.17, 15) is 75.3 Å². The number of fused-ring (bicyclic) bond motifs is 5. The molecule has 11 N–H and O–H groups in total. The lowest BCUT2D eigenvalue weighted by molar-refractivity contribution is -0.276. The van der Waals surface area contributed by atoms with Gasteiger partial charge in [-0.2, -0.15) is 0 Å². The molecule has 1 unspecified atom stereocenters. The zero-order chi connectivity index (χ0) is 45.2. The predicted octanol–water partition coefficient (Wildman–Crippen LogP) is 3.20. The van der Waals surface area contributed by atoms with Crippen molar-refractivity contribution in [2.24, 2.45) is 0 Å². The molecule has 0 aliphatic carbocycles. The molecule has 326 valence electrons. The van der Waals surface area contributed by atoms with Gasteiger partial charge in [-0.1, -0.05) is 30.3 Å². The predicted molar refractivity (Wildman–Crippen MR) is 204 cm³/mol. The van der Waals surface area contributed by atoms with Crippen molar-refractivity contribution >= 4 is 23.7 Å². The number of Topliss-reactive ketones (excluding diaryl/α,β-unsaturated/α-hetero) is 1. The van der Waals surface area contributed by atoms with Crippen LogP contribution in [0.5, 0.6) is 69.0 Å². The summed E-state index contributed by atoms with van der Waals surface area (Å²) >= 11 is 0. The van der Waals surface area contributed by atoms with Gasteiger partial charge in [-0.15, -0.1) is 0 Å². The molecule has 21 heteroatoms. The van der Waals surface area contributed by atoms with Gasteiger partial charge in [-0.25, -0.2) is 14.4 Å². The van der Waals surface area contributed by atoms with Crippen LogP contribution in [-0.2, 0) is 18.9 Å². The first kappa shape index (κ1) is 41.4. The Hall–Kier alpha value is -8.30. The number of phenols is 10. The monoisotopic (exact) mass is 872 g/mol. The van der Waals surface area contributed by atoms with Crippen molar-refractivity contribution < 1.29 is 104 Å². The number of ketones is 1. The van der Waals surface area contributed by atoms with Gasteiger partial charge in [0, 0.05) is 23.3 Å². The molecule has 0 aromatic heterocycles. The van der Waals surface area contributed by atoms with Crippen molar-refractivity contribution in [3.63, 3.8) is 0 Å². The van der Waals surface area contributed by atoms with E-state index in [0.29, 0.717) is 29.8 Å². The Labute approximate surface area is 351 Å². The fraction of sp³-hybridized carbons (Fsp3) is 0.190. The van der Waals surface area contributed by atoms with Gasteiger partial charge in [-0.3, -0.25) is 4.79 Å². The Morgan fingerprint density at radius 3 is 1.84 bits per heavy atom. The van der Waals surface area contributed by atoms with E-state index in [0.717, 1.165) is 6.07 Å². The first-order valence-corrected chi connectivity index (χ1v) is 18.5. The molecule has 5 aromatic carbocycles. The number of esters is 3. The maximum atomic E-state index is 14.2. The van der Waals surface area contributed by atoms with E-state index in [1.807, 2.05) is 0 Å². The van der Waals surface area contributed by atoms with Crippen LogP contribution in [0.15, 0.2) is 66.7 Å². The number of benzene rings is 5. The lowest BCUT2D eigenvalue weighted by Crippen LogP contribution is -2.62. The fourth-order valence-electron chi connectivity index (χ4n) is 7.33. The van der Waals surface area contributed by atoms with Crippen LogP contribution in [0.1, 0.15) is 59.5 Å². The minimum Gasteiger partial charge on any atom is -0.507 e. The second kappa shape index (κ2) is 15.6. The van der Waals surface area contributed by atoms with Crippen molar-refractivity contribution in [2.75, 3.05) is 6.61 Å². The summed E-state index contributed by atoms with van der Waals surface area (Å²) in [4.78, 5) is 54.8. The zero-order valence-corrected chi connectivity index (χ0v) is 31.7. The summed E-state index contributed by atoms with van der Waals surface area (Å²) in [7, 11) is 0. The maximum Gasteiger partial charge on any atom is 0.339 e. The van der Waals surface area contributed by atoms with Crippen LogP contribution in [0.25, 0.3) is 11.1 Å². The highest BCUT2D eigenvalue weighted by molar-refractivity contribution is 6.08. The number of aliphatic hydroxyl groups excluding tert-OH is 1.